The average Bonchev–Trinajstić information content (AvgIpc) is 2.59. The summed E-state index contributed by atoms with van der Waals surface area (Å²) in [5, 5.41) is 5.32. The Bertz CT molecular complexity index is 984. The van der Waals surface area contributed by atoms with E-state index in [1.807, 2.05) is 13.8 Å². The van der Waals surface area contributed by atoms with Crippen LogP contribution >= 0.6 is 0 Å². The minimum atomic E-state index is -3.42. The molecule has 0 aromatic heterocycles. The van der Waals surface area contributed by atoms with Crippen LogP contribution in [0.1, 0.15) is 29.8 Å². The standard InChI is InChI=1S/C20H24N2O5S/c1-13(2)12-27-20(24)22-16-7-5-6-15(10-16)21-19(23)18-11-17(28(4,25)26)9-8-14(18)3/h5-11,13H,12H2,1-4H3,(H,21,23)(H,22,24). The topological polar surface area (TPSA) is 102 Å². The normalized spacial score (nSPS) is 11.2. The number of benzene rings is 2. The molecule has 0 atom stereocenters. The highest BCUT2D eigenvalue weighted by Crippen LogP contribution is 2.20. The van der Waals surface area contributed by atoms with Gasteiger partial charge in [-0.25, -0.2) is 13.2 Å². The first-order valence-electron chi connectivity index (χ1n) is 8.72. The van der Waals surface area contributed by atoms with Crippen molar-refractivity contribution in [2.45, 2.75) is 25.7 Å². The van der Waals surface area contributed by atoms with Gasteiger partial charge in [0.15, 0.2) is 9.84 Å². The molecule has 0 aliphatic heterocycles. The lowest BCUT2D eigenvalue weighted by atomic mass is 10.1. The molecule has 0 aliphatic rings. The molecule has 0 fully saturated rings. The Labute approximate surface area is 165 Å². The van der Waals surface area contributed by atoms with E-state index in [2.05, 4.69) is 10.6 Å². The number of rotatable bonds is 6. The molecule has 0 spiro atoms. The second-order valence-electron chi connectivity index (χ2n) is 6.90. The Morgan fingerprint density at radius 2 is 1.68 bits per heavy atom. The van der Waals surface area contributed by atoms with Gasteiger partial charge in [0.2, 0.25) is 0 Å². The molecule has 0 unspecified atom stereocenters. The molecule has 0 saturated heterocycles. The molecule has 0 heterocycles. The second-order valence-corrected chi connectivity index (χ2v) is 8.92. The zero-order valence-corrected chi connectivity index (χ0v) is 17.1. The Hall–Kier alpha value is -2.87. The Morgan fingerprint density at radius 1 is 1.04 bits per heavy atom. The van der Waals surface area contributed by atoms with Crippen molar-refractivity contribution < 1.29 is 22.7 Å². The van der Waals surface area contributed by atoms with Gasteiger partial charge in [-0.15, -0.1) is 0 Å². The van der Waals surface area contributed by atoms with Gasteiger partial charge < -0.3 is 10.1 Å². The summed E-state index contributed by atoms with van der Waals surface area (Å²) < 4.78 is 28.5. The quantitative estimate of drug-likeness (QED) is 0.761. The van der Waals surface area contributed by atoms with Crippen molar-refractivity contribution in [3.8, 4) is 0 Å². The minimum Gasteiger partial charge on any atom is -0.449 e. The maximum Gasteiger partial charge on any atom is 0.411 e. The number of anilines is 2. The van der Waals surface area contributed by atoms with Crippen molar-refractivity contribution in [1.29, 1.82) is 0 Å². The number of hydrogen-bond donors (Lipinski definition) is 2. The van der Waals surface area contributed by atoms with E-state index in [1.54, 1.807) is 37.3 Å². The first-order chi connectivity index (χ1) is 13.1. The van der Waals surface area contributed by atoms with E-state index in [1.165, 1.54) is 12.1 Å². The van der Waals surface area contributed by atoms with Gasteiger partial charge in [-0.1, -0.05) is 26.0 Å². The Morgan fingerprint density at radius 3 is 2.29 bits per heavy atom. The van der Waals surface area contributed by atoms with E-state index in [4.69, 9.17) is 4.74 Å². The maximum absolute atomic E-state index is 12.6. The van der Waals surface area contributed by atoms with Gasteiger partial charge in [0.1, 0.15) is 0 Å². The third-order valence-electron chi connectivity index (χ3n) is 3.80. The number of ether oxygens (including phenoxy) is 1. The molecule has 28 heavy (non-hydrogen) atoms. The lowest BCUT2D eigenvalue weighted by Gasteiger charge is -2.12. The third kappa shape index (κ3) is 6.09. The van der Waals surface area contributed by atoms with Crippen LogP contribution in [0.2, 0.25) is 0 Å². The summed E-state index contributed by atoms with van der Waals surface area (Å²) in [5.41, 5.74) is 1.83. The summed E-state index contributed by atoms with van der Waals surface area (Å²) in [6.45, 7) is 5.90. The van der Waals surface area contributed by atoms with E-state index in [0.29, 0.717) is 23.5 Å². The monoisotopic (exact) mass is 404 g/mol. The van der Waals surface area contributed by atoms with Gasteiger partial charge in [0, 0.05) is 23.2 Å². The van der Waals surface area contributed by atoms with Crippen LogP contribution in [-0.2, 0) is 14.6 Å². The lowest BCUT2D eigenvalue weighted by molar-refractivity contribution is 0.102. The fourth-order valence-corrected chi connectivity index (χ4v) is 2.99. The van der Waals surface area contributed by atoms with E-state index in [-0.39, 0.29) is 16.4 Å². The van der Waals surface area contributed by atoms with Crippen molar-refractivity contribution in [2.75, 3.05) is 23.5 Å². The van der Waals surface area contributed by atoms with Crippen LogP contribution < -0.4 is 10.6 Å². The molecule has 0 aliphatic carbocycles. The van der Waals surface area contributed by atoms with Gasteiger partial charge in [-0.2, -0.15) is 0 Å². The van der Waals surface area contributed by atoms with Crippen LogP contribution in [0, 0.1) is 12.8 Å². The molecular weight excluding hydrogens is 380 g/mol. The number of carbonyl (C=O) groups excluding carboxylic acids is 2. The summed E-state index contributed by atoms with van der Waals surface area (Å²) in [4.78, 5) is 24.5. The molecule has 2 rings (SSSR count). The maximum atomic E-state index is 12.6. The average molecular weight is 404 g/mol. The smallest absolute Gasteiger partial charge is 0.411 e. The molecule has 2 amide bonds. The van der Waals surface area contributed by atoms with Gasteiger partial charge in [0.25, 0.3) is 5.91 Å². The number of aryl methyl sites for hydroxylation is 1. The predicted molar refractivity (Wildman–Crippen MR) is 108 cm³/mol. The van der Waals surface area contributed by atoms with E-state index < -0.39 is 21.8 Å². The SMILES string of the molecule is Cc1ccc(S(C)(=O)=O)cc1C(=O)Nc1cccc(NC(=O)OCC(C)C)c1. The van der Waals surface area contributed by atoms with Gasteiger partial charge >= 0.3 is 6.09 Å². The van der Waals surface area contributed by atoms with Crippen LogP contribution in [-0.4, -0.2) is 33.3 Å². The minimum absolute atomic E-state index is 0.0755. The summed E-state index contributed by atoms with van der Waals surface area (Å²) in [6.07, 6.45) is 0.515. The van der Waals surface area contributed by atoms with E-state index in [9.17, 15) is 18.0 Å². The highest BCUT2D eigenvalue weighted by molar-refractivity contribution is 7.90. The number of hydrogen-bond acceptors (Lipinski definition) is 5. The summed E-state index contributed by atoms with van der Waals surface area (Å²) >= 11 is 0. The molecule has 0 radical (unpaired) electrons. The first kappa shape index (κ1) is 21.4. The first-order valence-corrected chi connectivity index (χ1v) is 10.6. The van der Waals surface area contributed by atoms with Crippen molar-refractivity contribution in [3.63, 3.8) is 0 Å². The van der Waals surface area contributed by atoms with Crippen molar-refractivity contribution in [3.05, 3.63) is 53.6 Å². The lowest BCUT2D eigenvalue weighted by Crippen LogP contribution is -2.17. The Kier molecular flexibility index (Phi) is 6.80. The highest BCUT2D eigenvalue weighted by atomic mass is 32.2. The summed E-state index contributed by atoms with van der Waals surface area (Å²) in [6, 6.07) is 11.0. The van der Waals surface area contributed by atoms with E-state index >= 15 is 0 Å². The number of carbonyl (C=O) groups is 2. The fourth-order valence-electron chi connectivity index (χ4n) is 2.35. The van der Waals surface area contributed by atoms with Crippen LogP contribution in [0.3, 0.4) is 0 Å². The summed E-state index contributed by atoms with van der Waals surface area (Å²) in [7, 11) is -3.42. The molecule has 0 bridgehead atoms. The van der Waals surface area contributed by atoms with Crippen LogP contribution in [0.15, 0.2) is 47.4 Å². The zero-order chi connectivity index (χ0) is 20.9. The van der Waals surface area contributed by atoms with Crippen LogP contribution in [0.4, 0.5) is 16.2 Å². The van der Waals surface area contributed by atoms with Gasteiger partial charge in [0.05, 0.1) is 11.5 Å². The van der Waals surface area contributed by atoms with Gasteiger partial charge in [-0.05, 0) is 48.7 Å². The molecule has 2 aromatic rings. The Balaban J connectivity index is 2.14. The summed E-state index contributed by atoms with van der Waals surface area (Å²) in [5.74, 6) is -0.218. The van der Waals surface area contributed by atoms with Crippen molar-refractivity contribution >= 4 is 33.2 Å². The highest BCUT2D eigenvalue weighted by Gasteiger charge is 2.15. The van der Waals surface area contributed by atoms with Crippen LogP contribution in [0.5, 0.6) is 0 Å². The van der Waals surface area contributed by atoms with Gasteiger partial charge in [-0.3, -0.25) is 10.1 Å². The molecule has 2 N–H and O–H groups in total. The number of nitrogens with one attached hydrogen (secondary N) is 2. The zero-order valence-electron chi connectivity index (χ0n) is 16.3. The molecule has 7 nitrogen and oxygen atoms in total. The molecule has 150 valence electrons. The third-order valence-corrected chi connectivity index (χ3v) is 4.91. The second kappa shape index (κ2) is 8.88. The number of sulfone groups is 1. The molecular formula is C20H24N2O5S. The molecule has 0 saturated carbocycles. The van der Waals surface area contributed by atoms with Crippen LogP contribution in [0.25, 0.3) is 0 Å². The molecule has 2 aromatic carbocycles. The number of amides is 2. The van der Waals surface area contributed by atoms with E-state index in [0.717, 1.165) is 6.26 Å². The predicted octanol–water partition coefficient (Wildman–Crippen LogP) is 3.86. The molecule has 8 heteroatoms. The fraction of sp³-hybridized carbons (Fsp3) is 0.300. The van der Waals surface area contributed by atoms with Crippen molar-refractivity contribution in [1.82, 2.24) is 0 Å². The largest absolute Gasteiger partial charge is 0.449 e. The van der Waals surface area contributed by atoms with Crippen molar-refractivity contribution in [2.24, 2.45) is 5.92 Å².